The van der Waals surface area contributed by atoms with E-state index in [1.165, 1.54) is 0 Å². The van der Waals surface area contributed by atoms with Crippen molar-refractivity contribution >= 4 is 16.6 Å². The first kappa shape index (κ1) is 15.0. The monoisotopic (exact) mass is 232 g/mol. The maximum atomic E-state index is 9.80. The predicted molar refractivity (Wildman–Crippen MR) is 74.7 cm³/mol. The van der Waals surface area contributed by atoms with Crippen LogP contribution in [0.5, 0.6) is 5.75 Å². The standard InChI is InChI=1S/C11H10N2O.C2H6.CH4/c12-11(13)9-6-5-7-3-1-2-4-8(7)10(9)14;1-2;/h1-6,14H,(H3,12,13);1-2H3;1H4. The van der Waals surface area contributed by atoms with Gasteiger partial charge in [0.05, 0.1) is 5.56 Å². The third-order valence-electron chi connectivity index (χ3n) is 2.19. The zero-order chi connectivity index (χ0) is 12.1. The third kappa shape index (κ3) is 2.97. The lowest BCUT2D eigenvalue weighted by atomic mass is 10.1. The molecular weight excluding hydrogens is 212 g/mol. The Labute approximate surface area is 102 Å². The Morgan fingerprint density at radius 2 is 1.71 bits per heavy atom. The molecule has 0 aliphatic rings. The lowest BCUT2D eigenvalue weighted by Gasteiger charge is -2.05. The van der Waals surface area contributed by atoms with Gasteiger partial charge in [-0.05, 0) is 11.5 Å². The molecule has 2 aromatic carbocycles. The summed E-state index contributed by atoms with van der Waals surface area (Å²) in [7, 11) is 0. The number of aromatic hydroxyl groups is 1. The van der Waals surface area contributed by atoms with Crippen molar-refractivity contribution in [1.29, 1.82) is 5.41 Å². The van der Waals surface area contributed by atoms with Crippen LogP contribution in [0.25, 0.3) is 10.8 Å². The minimum atomic E-state index is -0.117. The van der Waals surface area contributed by atoms with Crippen LogP contribution in [-0.2, 0) is 0 Å². The molecule has 0 spiro atoms. The highest BCUT2D eigenvalue weighted by atomic mass is 16.3. The zero-order valence-electron chi connectivity index (χ0n) is 9.49. The number of nitrogens with one attached hydrogen (secondary N) is 1. The van der Waals surface area contributed by atoms with Crippen molar-refractivity contribution in [3.8, 4) is 5.75 Å². The van der Waals surface area contributed by atoms with E-state index in [0.717, 1.165) is 10.8 Å². The molecule has 0 radical (unpaired) electrons. The molecule has 92 valence electrons. The van der Waals surface area contributed by atoms with E-state index in [2.05, 4.69) is 0 Å². The second-order valence-corrected chi connectivity index (χ2v) is 3.10. The number of rotatable bonds is 1. The third-order valence-corrected chi connectivity index (χ3v) is 2.19. The van der Waals surface area contributed by atoms with E-state index in [1.54, 1.807) is 12.1 Å². The van der Waals surface area contributed by atoms with Gasteiger partial charge in [0.2, 0.25) is 0 Å². The maximum Gasteiger partial charge on any atom is 0.134 e. The van der Waals surface area contributed by atoms with E-state index in [0.29, 0.717) is 5.56 Å². The number of hydrogen-bond acceptors (Lipinski definition) is 2. The number of fused-ring (bicyclic) bond motifs is 1. The van der Waals surface area contributed by atoms with Gasteiger partial charge < -0.3 is 10.8 Å². The molecule has 0 aliphatic heterocycles. The summed E-state index contributed by atoms with van der Waals surface area (Å²) in [5.74, 6) is -0.0381. The minimum absolute atomic E-state index is 0. The van der Waals surface area contributed by atoms with Gasteiger partial charge in [0.1, 0.15) is 11.6 Å². The van der Waals surface area contributed by atoms with E-state index < -0.39 is 0 Å². The summed E-state index contributed by atoms with van der Waals surface area (Å²) in [5, 5.41) is 18.7. The largest absolute Gasteiger partial charge is 0.507 e. The van der Waals surface area contributed by atoms with Crippen molar-refractivity contribution in [1.82, 2.24) is 0 Å². The number of nitrogens with two attached hydrogens (primary N) is 1. The quantitative estimate of drug-likeness (QED) is 0.520. The molecule has 0 atom stereocenters. The van der Waals surface area contributed by atoms with Crippen LogP contribution >= 0.6 is 0 Å². The highest BCUT2D eigenvalue weighted by Crippen LogP contribution is 2.27. The van der Waals surface area contributed by atoms with Crippen LogP contribution < -0.4 is 5.73 Å². The van der Waals surface area contributed by atoms with E-state index in [1.807, 2.05) is 38.1 Å². The molecule has 2 rings (SSSR count). The fraction of sp³-hybridized carbons (Fsp3) is 0.214. The van der Waals surface area contributed by atoms with Gasteiger partial charge in [-0.2, -0.15) is 0 Å². The maximum absolute atomic E-state index is 9.80. The van der Waals surface area contributed by atoms with Gasteiger partial charge in [0.15, 0.2) is 0 Å². The first-order valence-corrected chi connectivity index (χ1v) is 5.25. The van der Waals surface area contributed by atoms with Crippen molar-refractivity contribution in [2.24, 2.45) is 5.73 Å². The first-order valence-electron chi connectivity index (χ1n) is 5.25. The van der Waals surface area contributed by atoms with Crippen molar-refractivity contribution in [3.05, 3.63) is 42.0 Å². The molecular formula is C14H20N2O. The summed E-state index contributed by atoms with van der Waals surface area (Å²) in [6, 6.07) is 10.9. The molecule has 0 aliphatic carbocycles. The van der Waals surface area contributed by atoms with Crippen LogP contribution in [-0.4, -0.2) is 10.9 Å². The van der Waals surface area contributed by atoms with Crippen molar-refractivity contribution in [2.75, 3.05) is 0 Å². The summed E-state index contributed by atoms with van der Waals surface area (Å²) in [6.07, 6.45) is 0. The van der Waals surface area contributed by atoms with Crippen molar-refractivity contribution < 1.29 is 5.11 Å². The predicted octanol–water partition coefficient (Wildman–Crippen LogP) is 3.49. The minimum Gasteiger partial charge on any atom is -0.507 e. The fourth-order valence-corrected chi connectivity index (χ4v) is 1.47. The topological polar surface area (TPSA) is 70.1 Å². The Morgan fingerprint density at radius 1 is 1.12 bits per heavy atom. The smallest absolute Gasteiger partial charge is 0.134 e. The lowest BCUT2D eigenvalue weighted by Crippen LogP contribution is -2.11. The van der Waals surface area contributed by atoms with E-state index >= 15 is 0 Å². The second kappa shape index (κ2) is 6.53. The van der Waals surface area contributed by atoms with E-state index in [9.17, 15) is 5.11 Å². The van der Waals surface area contributed by atoms with Gasteiger partial charge >= 0.3 is 0 Å². The van der Waals surface area contributed by atoms with E-state index in [4.69, 9.17) is 11.1 Å². The molecule has 4 N–H and O–H groups in total. The van der Waals surface area contributed by atoms with Crippen molar-refractivity contribution in [3.63, 3.8) is 0 Å². The average molecular weight is 232 g/mol. The zero-order valence-corrected chi connectivity index (χ0v) is 9.49. The molecule has 17 heavy (non-hydrogen) atoms. The summed E-state index contributed by atoms with van der Waals surface area (Å²) in [4.78, 5) is 0. The Balaban J connectivity index is 0.000000811. The molecule has 0 aromatic heterocycles. The number of amidine groups is 1. The normalized spacial score (nSPS) is 8.82. The molecule has 0 saturated heterocycles. The highest BCUT2D eigenvalue weighted by Gasteiger charge is 2.07. The van der Waals surface area contributed by atoms with Crippen molar-refractivity contribution in [2.45, 2.75) is 21.3 Å². The molecule has 3 nitrogen and oxygen atoms in total. The van der Waals surface area contributed by atoms with Gasteiger partial charge in [0.25, 0.3) is 0 Å². The Morgan fingerprint density at radius 3 is 2.29 bits per heavy atom. The number of benzene rings is 2. The molecule has 0 fully saturated rings. The first-order chi connectivity index (χ1) is 7.70. The van der Waals surface area contributed by atoms with Gasteiger partial charge in [-0.3, -0.25) is 5.41 Å². The van der Waals surface area contributed by atoms with Crippen LogP contribution in [0.1, 0.15) is 26.8 Å². The Kier molecular flexibility index (Phi) is 5.75. The molecule has 2 aromatic rings. The SMILES string of the molecule is C.CC.N=C(N)c1ccc2ccccc2c1O. The summed E-state index contributed by atoms with van der Waals surface area (Å²) in [5.41, 5.74) is 5.71. The van der Waals surface area contributed by atoms with E-state index in [-0.39, 0.29) is 19.0 Å². The lowest BCUT2D eigenvalue weighted by molar-refractivity contribution is 0.480. The van der Waals surface area contributed by atoms with Gasteiger partial charge in [-0.25, -0.2) is 0 Å². The molecule has 0 saturated carbocycles. The Hall–Kier alpha value is -2.03. The van der Waals surface area contributed by atoms with Crippen LogP contribution in [0, 0.1) is 5.41 Å². The molecule has 0 unspecified atom stereocenters. The number of phenols is 1. The molecule has 0 heterocycles. The average Bonchev–Trinajstić information content (AvgIpc) is 2.32. The van der Waals surface area contributed by atoms with Crippen LogP contribution in [0.3, 0.4) is 0 Å². The molecule has 0 amide bonds. The summed E-state index contributed by atoms with van der Waals surface area (Å²) >= 11 is 0. The number of nitrogen functional groups attached to an aromatic ring is 1. The summed E-state index contributed by atoms with van der Waals surface area (Å²) < 4.78 is 0. The van der Waals surface area contributed by atoms with Crippen LogP contribution in [0.4, 0.5) is 0 Å². The fourth-order valence-electron chi connectivity index (χ4n) is 1.47. The summed E-state index contributed by atoms with van der Waals surface area (Å²) in [6.45, 7) is 4.00. The number of phenolic OH excluding ortho intramolecular Hbond substituents is 1. The van der Waals surface area contributed by atoms with Crippen LogP contribution in [0.15, 0.2) is 36.4 Å². The van der Waals surface area contributed by atoms with Gasteiger partial charge in [-0.15, -0.1) is 0 Å². The van der Waals surface area contributed by atoms with Gasteiger partial charge in [-0.1, -0.05) is 51.6 Å². The molecule has 0 bridgehead atoms. The highest BCUT2D eigenvalue weighted by molar-refractivity contribution is 6.03. The Bertz CT molecular complexity index is 507. The number of hydrogen-bond donors (Lipinski definition) is 3. The van der Waals surface area contributed by atoms with Crippen LogP contribution in [0.2, 0.25) is 0 Å². The molecule has 3 heteroatoms. The second-order valence-electron chi connectivity index (χ2n) is 3.10. The van der Waals surface area contributed by atoms with Gasteiger partial charge in [0, 0.05) is 5.39 Å².